The topological polar surface area (TPSA) is 34.2 Å². The van der Waals surface area contributed by atoms with Crippen molar-refractivity contribution in [3.8, 4) is 61.6 Å². The molecule has 0 aliphatic rings. The monoisotopic (exact) mass is 881 g/mol. The van der Waals surface area contributed by atoms with Crippen LogP contribution in [-0.4, -0.2) is 9.55 Å². The van der Waals surface area contributed by atoms with E-state index in [2.05, 4.69) is 246 Å². The molecule has 4 heteroatoms. The minimum absolute atomic E-state index is 0.608. The summed E-state index contributed by atoms with van der Waals surface area (Å²) in [5, 5.41) is 5.00. The van der Waals surface area contributed by atoms with Crippen molar-refractivity contribution in [2.45, 2.75) is 0 Å². The fraction of sp³-hybridized carbons (Fsp3) is 0. The van der Waals surface area contributed by atoms with Crippen LogP contribution in [-0.2, 0) is 0 Å². The van der Waals surface area contributed by atoms with Crippen LogP contribution in [0.1, 0.15) is 0 Å². The van der Waals surface area contributed by atoms with Crippen molar-refractivity contribution in [1.82, 2.24) is 9.55 Å². The zero-order valence-corrected chi connectivity index (χ0v) is 37.6. The van der Waals surface area contributed by atoms with Crippen LogP contribution in [0.4, 0.5) is 17.1 Å². The predicted molar refractivity (Wildman–Crippen MR) is 288 cm³/mol. The Bertz CT molecular complexity index is 3930. The largest absolute Gasteiger partial charge is 0.436 e. The van der Waals surface area contributed by atoms with Crippen LogP contribution in [0.5, 0.6) is 0 Å². The van der Waals surface area contributed by atoms with Crippen LogP contribution in [0.2, 0.25) is 0 Å². The Morgan fingerprint density at radius 2 is 0.768 bits per heavy atom. The van der Waals surface area contributed by atoms with Crippen molar-refractivity contribution in [1.29, 1.82) is 0 Å². The average molecular weight is 882 g/mol. The molecule has 0 saturated heterocycles. The van der Waals surface area contributed by atoms with Crippen LogP contribution in [0, 0.1) is 0 Å². The lowest BCUT2D eigenvalue weighted by Crippen LogP contribution is -2.09. The molecule has 324 valence electrons. The highest BCUT2D eigenvalue weighted by atomic mass is 16.3. The summed E-state index contributed by atoms with van der Waals surface area (Å²) < 4.78 is 8.50. The van der Waals surface area contributed by atoms with Gasteiger partial charge >= 0.3 is 0 Å². The van der Waals surface area contributed by atoms with Crippen molar-refractivity contribution >= 4 is 60.7 Å². The van der Waals surface area contributed by atoms with Gasteiger partial charge in [0.1, 0.15) is 5.52 Å². The van der Waals surface area contributed by atoms with Crippen molar-refractivity contribution in [3.05, 3.63) is 261 Å². The minimum atomic E-state index is 0.608. The maximum Gasteiger partial charge on any atom is 0.227 e. The summed E-state index contributed by atoms with van der Waals surface area (Å²) in [4.78, 5) is 7.07. The number of para-hydroxylation sites is 4. The van der Waals surface area contributed by atoms with E-state index in [4.69, 9.17) is 9.40 Å². The first kappa shape index (κ1) is 40.1. The maximum atomic E-state index is 6.14. The molecule has 0 aliphatic heterocycles. The van der Waals surface area contributed by atoms with Crippen molar-refractivity contribution in [3.63, 3.8) is 0 Å². The lowest BCUT2D eigenvalue weighted by molar-refractivity contribution is 0.620. The number of aromatic nitrogens is 2. The minimum Gasteiger partial charge on any atom is -0.436 e. The van der Waals surface area contributed by atoms with E-state index in [1.54, 1.807) is 0 Å². The third kappa shape index (κ3) is 7.41. The van der Waals surface area contributed by atoms with Crippen LogP contribution >= 0.6 is 0 Å². The summed E-state index contributed by atoms with van der Waals surface area (Å²) in [6.45, 7) is 0. The Morgan fingerprint density at radius 1 is 0.319 bits per heavy atom. The van der Waals surface area contributed by atoms with E-state index in [-0.39, 0.29) is 0 Å². The number of rotatable bonds is 9. The smallest absolute Gasteiger partial charge is 0.227 e. The molecule has 13 rings (SSSR count). The summed E-state index contributed by atoms with van der Waals surface area (Å²) in [6, 6.07) is 93.3. The summed E-state index contributed by atoms with van der Waals surface area (Å²) in [7, 11) is 0. The Balaban J connectivity index is 0.800. The first-order valence-electron chi connectivity index (χ1n) is 23.4. The number of oxazole rings is 1. The summed E-state index contributed by atoms with van der Waals surface area (Å²) >= 11 is 0. The Labute approximate surface area is 400 Å². The van der Waals surface area contributed by atoms with Gasteiger partial charge in [-0.2, -0.15) is 0 Å². The highest BCUT2D eigenvalue weighted by molar-refractivity contribution is 6.10. The Morgan fingerprint density at radius 3 is 1.39 bits per heavy atom. The molecule has 0 aliphatic carbocycles. The number of fused-ring (bicyclic) bond motifs is 5. The van der Waals surface area contributed by atoms with E-state index in [1.165, 1.54) is 60.4 Å². The highest BCUT2D eigenvalue weighted by Gasteiger charge is 2.17. The van der Waals surface area contributed by atoms with Gasteiger partial charge in [-0.3, -0.25) is 0 Å². The molecule has 0 fully saturated rings. The number of hydrogen-bond donors (Lipinski definition) is 0. The van der Waals surface area contributed by atoms with E-state index in [1.807, 2.05) is 24.3 Å². The van der Waals surface area contributed by atoms with E-state index in [9.17, 15) is 0 Å². The fourth-order valence-corrected chi connectivity index (χ4v) is 9.89. The third-order valence-corrected chi connectivity index (χ3v) is 13.5. The van der Waals surface area contributed by atoms with Crippen molar-refractivity contribution in [2.75, 3.05) is 4.90 Å². The van der Waals surface area contributed by atoms with E-state index in [0.29, 0.717) is 5.89 Å². The van der Waals surface area contributed by atoms with Crippen LogP contribution in [0.15, 0.2) is 265 Å². The summed E-state index contributed by atoms with van der Waals surface area (Å²) in [5.74, 6) is 0.608. The van der Waals surface area contributed by atoms with Gasteiger partial charge in [-0.05, 0) is 152 Å². The number of nitrogens with zero attached hydrogens (tertiary/aromatic N) is 3. The number of benzene rings is 11. The van der Waals surface area contributed by atoms with E-state index in [0.717, 1.165) is 56.1 Å². The second kappa shape index (κ2) is 16.9. The van der Waals surface area contributed by atoms with Gasteiger partial charge in [0.25, 0.3) is 0 Å². The summed E-state index contributed by atoms with van der Waals surface area (Å²) in [6.07, 6.45) is 0. The molecule has 2 aromatic heterocycles. The van der Waals surface area contributed by atoms with Gasteiger partial charge in [-0.1, -0.05) is 164 Å². The molecule has 0 amide bonds. The molecule has 0 unspecified atom stereocenters. The number of hydrogen-bond acceptors (Lipinski definition) is 3. The van der Waals surface area contributed by atoms with Gasteiger partial charge in [-0.25, -0.2) is 4.98 Å². The molecule has 0 saturated carbocycles. The molecular weight excluding hydrogens is 839 g/mol. The van der Waals surface area contributed by atoms with E-state index < -0.39 is 0 Å². The predicted octanol–water partition coefficient (Wildman–Crippen LogP) is 17.9. The fourth-order valence-electron chi connectivity index (χ4n) is 9.89. The van der Waals surface area contributed by atoms with Crippen molar-refractivity contribution in [2.24, 2.45) is 0 Å². The molecule has 0 N–H and O–H groups in total. The Hall–Kier alpha value is -9.25. The molecule has 13 aromatic rings. The SMILES string of the molecule is c1ccc(-n2c3ccccc3c3cc(-c4ccc(-c5ccc(N(c6ccc(-c7ccc(-c8ccc9ccccc9c8)cc7)cc6)c6ccc(-c7nc8ccccc8o7)cc6)cc5)cc4)ccc32)cc1. The number of anilines is 3. The maximum absolute atomic E-state index is 6.14. The normalized spacial score (nSPS) is 11.5. The molecule has 0 radical (unpaired) electrons. The van der Waals surface area contributed by atoms with Crippen LogP contribution < -0.4 is 4.90 Å². The second-order valence-electron chi connectivity index (χ2n) is 17.6. The van der Waals surface area contributed by atoms with Crippen LogP contribution in [0.25, 0.3) is 105 Å². The van der Waals surface area contributed by atoms with Crippen molar-refractivity contribution < 1.29 is 4.42 Å². The zero-order valence-electron chi connectivity index (χ0n) is 37.6. The quantitative estimate of drug-likeness (QED) is 0.145. The van der Waals surface area contributed by atoms with Gasteiger partial charge in [0.2, 0.25) is 5.89 Å². The molecule has 4 nitrogen and oxygen atoms in total. The molecule has 0 bridgehead atoms. The van der Waals surface area contributed by atoms with Gasteiger partial charge < -0.3 is 13.9 Å². The molecule has 2 heterocycles. The molecule has 0 spiro atoms. The van der Waals surface area contributed by atoms with Gasteiger partial charge in [-0.15, -0.1) is 0 Å². The lowest BCUT2D eigenvalue weighted by Gasteiger charge is -2.26. The zero-order chi connectivity index (χ0) is 45.7. The molecule has 0 atom stereocenters. The molecule has 11 aromatic carbocycles. The van der Waals surface area contributed by atoms with Crippen LogP contribution in [0.3, 0.4) is 0 Å². The van der Waals surface area contributed by atoms with E-state index >= 15 is 0 Å². The Kier molecular flexibility index (Phi) is 9.80. The van der Waals surface area contributed by atoms with Gasteiger partial charge in [0.05, 0.1) is 11.0 Å². The lowest BCUT2D eigenvalue weighted by atomic mass is 9.98. The second-order valence-corrected chi connectivity index (χ2v) is 17.6. The summed E-state index contributed by atoms with van der Waals surface area (Å²) in [5.41, 5.74) is 18.7. The average Bonchev–Trinajstić information content (AvgIpc) is 4.01. The standard InChI is InChI=1S/C65H43N3O/c1-2-12-55(13-3-1)68-62-16-8-6-14-59(62)60-43-54(34-41-63(60)68)50-24-20-46(21-25-50)48-30-37-57(38-31-48)67(58-39-32-51(33-40-58)65-66-61-15-7-9-17-64(61)69-65)56-35-28-47(29-36-56)45-18-22-49(23-19-45)53-27-26-44-10-4-5-11-52(44)42-53/h1-43H. The molecule has 69 heavy (non-hydrogen) atoms. The first-order valence-corrected chi connectivity index (χ1v) is 23.4. The van der Waals surface area contributed by atoms with Gasteiger partial charge in [0.15, 0.2) is 5.58 Å². The first-order chi connectivity index (χ1) is 34.2. The van der Waals surface area contributed by atoms with Gasteiger partial charge in [0, 0.05) is 39.1 Å². The molecular formula is C65H43N3O. The third-order valence-electron chi connectivity index (χ3n) is 13.5. The highest BCUT2D eigenvalue weighted by Crippen LogP contribution is 2.40.